The first-order chi connectivity index (χ1) is 9.54. The molecule has 110 valence electrons. The fourth-order valence-corrected chi connectivity index (χ4v) is 3.66. The molecule has 3 nitrogen and oxygen atoms in total. The van der Waals surface area contributed by atoms with Crippen LogP contribution in [0.25, 0.3) is 0 Å². The summed E-state index contributed by atoms with van der Waals surface area (Å²) in [5.74, 6) is 0.542. The molecule has 20 heavy (non-hydrogen) atoms. The number of ether oxygens (including phenoxy) is 2. The quantitative estimate of drug-likeness (QED) is 0.915. The topological polar surface area (TPSA) is 30.5 Å². The van der Waals surface area contributed by atoms with E-state index in [1.54, 1.807) is 6.07 Å². The molecular formula is C16H22FNO2. The largest absolute Gasteiger partial charge is 0.491 e. The normalized spacial score (nSPS) is 30.5. The molecule has 1 heterocycles. The van der Waals surface area contributed by atoms with Crippen LogP contribution in [0.5, 0.6) is 5.75 Å². The van der Waals surface area contributed by atoms with Gasteiger partial charge in [-0.15, -0.1) is 0 Å². The number of hydrogen-bond donors (Lipinski definition) is 1. The monoisotopic (exact) mass is 279 g/mol. The van der Waals surface area contributed by atoms with Gasteiger partial charge < -0.3 is 14.8 Å². The fraction of sp³-hybridized carbons (Fsp3) is 0.625. The van der Waals surface area contributed by atoms with Crippen LogP contribution in [0.1, 0.15) is 27.2 Å². The lowest BCUT2D eigenvalue weighted by molar-refractivity contribution is -0.0923. The van der Waals surface area contributed by atoms with Gasteiger partial charge in [0.2, 0.25) is 0 Å². The van der Waals surface area contributed by atoms with E-state index in [9.17, 15) is 4.39 Å². The van der Waals surface area contributed by atoms with E-state index in [0.29, 0.717) is 30.4 Å². The van der Waals surface area contributed by atoms with Crippen molar-refractivity contribution in [1.29, 1.82) is 0 Å². The van der Waals surface area contributed by atoms with Gasteiger partial charge in [-0.2, -0.15) is 0 Å². The highest BCUT2D eigenvalue weighted by Gasteiger charge is 2.59. The van der Waals surface area contributed by atoms with Gasteiger partial charge in [0.1, 0.15) is 0 Å². The van der Waals surface area contributed by atoms with E-state index in [0.717, 1.165) is 18.7 Å². The minimum Gasteiger partial charge on any atom is -0.491 e. The molecule has 0 radical (unpaired) electrons. The molecule has 1 aliphatic heterocycles. The Labute approximate surface area is 119 Å². The zero-order valence-corrected chi connectivity index (χ0v) is 12.3. The molecule has 3 rings (SSSR count). The van der Waals surface area contributed by atoms with E-state index in [4.69, 9.17) is 9.47 Å². The van der Waals surface area contributed by atoms with Gasteiger partial charge in [0, 0.05) is 35.7 Å². The summed E-state index contributed by atoms with van der Waals surface area (Å²) in [6.07, 6.45) is 1.43. The molecule has 1 aromatic rings. The van der Waals surface area contributed by atoms with E-state index < -0.39 is 0 Å². The minimum absolute atomic E-state index is 0.0935. The minimum atomic E-state index is -0.312. The van der Waals surface area contributed by atoms with Gasteiger partial charge in [-0.05, 0) is 25.5 Å². The third-order valence-corrected chi connectivity index (χ3v) is 4.65. The maximum atomic E-state index is 13.9. The van der Waals surface area contributed by atoms with Crippen molar-refractivity contribution >= 4 is 5.69 Å². The van der Waals surface area contributed by atoms with Gasteiger partial charge in [-0.1, -0.05) is 13.8 Å². The van der Waals surface area contributed by atoms with E-state index in [-0.39, 0.29) is 11.2 Å². The summed E-state index contributed by atoms with van der Waals surface area (Å²) >= 11 is 0. The average molecular weight is 279 g/mol. The molecule has 0 spiro atoms. The number of benzene rings is 1. The van der Waals surface area contributed by atoms with Crippen LogP contribution in [-0.4, -0.2) is 25.4 Å². The number of halogens is 1. The molecule has 0 amide bonds. The van der Waals surface area contributed by atoms with E-state index in [2.05, 4.69) is 19.2 Å². The molecule has 3 unspecified atom stereocenters. The molecule has 2 aliphatic rings. The predicted octanol–water partition coefficient (Wildman–Crippen LogP) is 3.45. The van der Waals surface area contributed by atoms with Gasteiger partial charge in [-0.3, -0.25) is 0 Å². The summed E-state index contributed by atoms with van der Waals surface area (Å²) in [7, 11) is 0. The standard InChI is InChI=1S/C16H22FNO2/c1-4-19-13-6-5-10(9-12(13)17)18-14-11-7-8-20-15(11)16(14,2)3/h5-6,9,11,14-15,18H,4,7-8H2,1-3H3. The Balaban J connectivity index is 1.73. The third kappa shape index (κ3) is 2.06. The van der Waals surface area contributed by atoms with Gasteiger partial charge >= 0.3 is 0 Å². The van der Waals surface area contributed by atoms with Gasteiger partial charge in [-0.25, -0.2) is 4.39 Å². The van der Waals surface area contributed by atoms with Crippen LogP contribution in [0.15, 0.2) is 18.2 Å². The zero-order valence-electron chi connectivity index (χ0n) is 12.3. The fourth-order valence-electron chi connectivity index (χ4n) is 3.66. The molecule has 1 aliphatic carbocycles. The summed E-state index contributed by atoms with van der Waals surface area (Å²) in [6, 6.07) is 5.43. The predicted molar refractivity (Wildman–Crippen MR) is 76.6 cm³/mol. The van der Waals surface area contributed by atoms with E-state index in [1.807, 2.05) is 13.0 Å². The average Bonchev–Trinajstić information content (AvgIpc) is 2.86. The second-order valence-corrected chi connectivity index (χ2v) is 6.27. The van der Waals surface area contributed by atoms with Gasteiger partial charge in [0.05, 0.1) is 12.7 Å². The maximum absolute atomic E-state index is 13.9. The number of rotatable bonds is 4. The second-order valence-electron chi connectivity index (χ2n) is 6.27. The van der Waals surface area contributed by atoms with Gasteiger partial charge in [0.15, 0.2) is 11.6 Å². The first-order valence-electron chi connectivity index (χ1n) is 7.34. The number of hydrogen-bond acceptors (Lipinski definition) is 3. The van der Waals surface area contributed by atoms with Crippen molar-refractivity contribution in [1.82, 2.24) is 0 Å². The first kappa shape index (κ1) is 13.7. The maximum Gasteiger partial charge on any atom is 0.167 e. The van der Waals surface area contributed by atoms with Crippen molar-refractivity contribution in [2.45, 2.75) is 39.3 Å². The number of nitrogens with one attached hydrogen (secondary N) is 1. The smallest absolute Gasteiger partial charge is 0.167 e. The van der Waals surface area contributed by atoms with Crippen molar-refractivity contribution in [2.75, 3.05) is 18.5 Å². The van der Waals surface area contributed by atoms with Crippen LogP contribution in [-0.2, 0) is 4.74 Å². The molecular weight excluding hydrogens is 257 g/mol. The Hall–Kier alpha value is -1.29. The zero-order chi connectivity index (χ0) is 14.3. The SMILES string of the molecule is CCOc1ccc(NC2C3CCOC3C2(C)C)cc1F. The summed E-state index contributed by atoms with van der Waals surface area (Å²) in [5, 5.41) is 3.47. The molecule has 4 heteroatoms. The highest BCUT2D eigenvalue weighted by Crippen LogP contribution is 2.53. The highest BCUT2D eigenvalue weighted by atomic mass is 19.1. The molecule has 0 aromatic heterocycles. The summed E-state index contributed by atoms with van der Waals surface area (Å²) in [6.45, 7) is 7.59. The van der Waals surface area contributed by atoms with Crippen LogP contribution in [0.4, 0.5) is 10.1 Å². The van der Waals surface area contributed by atoms with Crippen LogP contribution >= 0.6 is 0 Å². The van der Waals surface area contributed by atoms with Crippen molar-refractivity contribution in [3.05, 3.63) is 24.0 Å². The number of fused-ring (bicyclic) bond motifs is 1. The number of anilines is 1. The molecule has 0 bridgehead atoms. The molecule has 3 atom stereocenters. The lowest BCUT2D eigenvalue weighted by atomic mass is 9.57. The second kappa shape index (κ2) is 4.92. The summed E-state index contributed by atoms with van der Waals surface area (Å²) in [4.78, 5) is 0. The molecule has 1 aromatic carbocycles. The molecule has 1 N–H and O–H groups in total. The van der Waals surface area contributed by atoms with Crippen LogP contribution in [0.2, 0.25) is 0 Å². The van der Waals surface area contributed by atoms with Crippen LogP contribution < -0.4 is 10.1 Å². The molecule has 2 fully saturated rings. The first-order valence-corrected chi connectivity index (χ1v) is 7.34. The molecule has 1 saturated carbocycles. The molecule has 1 saturated heterocycles. The lowest BCUT2D eigenvalue weighted by Gasteiger charge is -2.55. The Morgan fingerprint density at radius 2 is 2.25 bits per heavy atom. The van der Waals surface area contributed by atoms with E-state index in [1.165, 1.54) is 6.07 Å². The van der Waals surface area contributed by atoms with Crippen LogP contribution in [0.3, 0.4) is 0 Å². The van der Waals surface area contributed by atoms with Crippen molar-refractivity contribution < 1.29 is 13.9 Å². The van der Waals surface area contributed by atoms with Crippen molar-refractivity contribution in [3.63, 3.8) is 0 Å². The Kier molecular flexibility index (Phi) is 3.36. The van der Waals surface area contributed by atoms with Gasteiger partial charge in [0.25, 0.3) is 0 Å². The highest BCUT2D eigenvalue weighted by molar-refractivity contribution is 5.49. The van der Waals surface area contributed by atoms with Crippen molar-refractivity contribution in [2.24, 2.45) is 11.3 Å². The lowest BCUT2D eigenvalue weighted by Crippen LogP contribution is -2.63. The van der Waals surface area contributed by atoms with Crippen LogP contribution in [0, 0.1) is 17.2 Å². The Morgan fingerprint density at radius 1 is 1.45 bits per heavy atom. The van der Waals surface area contributed by atoms with E-state index >= 15 is 0 Å². The third-order valence-electron chi connectivity index (χ3n) is 4.65. The Morgan fingerprint density at radius 3 is 2.95 bits per heavy atom. The summed E-state index contributed by atoms with van der Waals surface area (Å²) in [5.41, 5.74) is 0.908. The van der Waals surface area contributed by atoms with Crippen molar-refractivity contribution in [3.8, 4) is 5.75 Å². The summed E-state index contributed by atoms with van der Waals surface area (Å²) < 4.78 is 24.9. The Bertz CT molecular complexity index is 503.